The summed E-state index contributed by atoms with van der Waals surface area (Å²) in [6.45, 7) is 4.97. The monoisotopic (exact) mass is 415 g/mol. The van der Waals surface area contributed by atoms with Crippen molar-refractivity contribution < 1.29 is 9.59 Å². The molecule has 2 amide bonds. The molecule has 0 bridgehead atoms. The molecule has 1 N–H and O–H groups in total. The summed E-state index contributed by atoms with van der Waals surface area (Å²) in [4.78, 5) is 31.6. The van der Waals surface area contributed by atoms with Crippen LogP contribution in [0.5, 0.6) is 0 Å². The van der Waals surface area contributed by atoms with Crippen LogP contribution in [0.25, 0.3) is 0 Å². The molecule has 3 rings (SSSR count). The third-order valence-corrected chi connectivity index (χ3v) is 5.15. The fraction of sp³-hybridized carbons (Fsp3) is 0.269. The molecule has 0 saturated carbocycles. The number of nitrogens with zero attached hydrogens (tertiary/aromatic N) is 2. The van der Waals surface area contributed by atoms with Gasteiger partial charge in [-0.25, -0.2) is 0 Å². The van der Waals surface area contributed by atoms with Crippen LogP contribution in [-0.4, -0.2) is 27.7 Å². The Morgan fingerprint density at radius 3 is 2.23 bits per heavy atom. The number of carbonyl (C=O) groups excluding carboxylic acids is 2. The van der Waals surface area contributed by atoms with Crippen molar-refractivity contribution in [2.75, 3.05) is 0 Å². The van der Waals surface area contributed by atoms with Crippen molar-refractivity contribution in [3.05, 3.63) is 101 Å². The van der Waals surface area contributed by atoms with Gasteiger partial charge in [0.05, 0.1) is 0 Å². The summed E-state index contributed by atoms with van der Waals surface area (Å²) in [5.74, 6) is -0.181. The van der Waals surface area contributed by atoms with Crippen LogP contribution in [0.4, 0.5) is 0 Å². The molecule has 0 radical (unpaired) electrons. The highest BCUT2D eigenvalue weighted by molar-refractivity contribution is 5.94. The lowest BCUT2D eigenvalue weighted by Gasteiger charge is -2.25. The molecule has 160 valence electrons. The summed E-state index contributed by atoms with van der Waals surface area (Å²) in [7, 11) is 0. The second-order valence-electron chi connectivity index (χ2n) is 7.73. The van der Waals surface area contributed by atoms with E-state index in [2.05, 4.69) is 41.5 Å². The third-order valence-electron chi connectivity index (χ3n) is 5.15. The zero-order valence-electron chi connectivity index (χ0n) is 18.1. The fourth-order valence-electron chi connectivity index (χ4n) is 3.38. The molecule has 0 aliphatic carbocycles. The summed E-state index contributed by atoms with van der Waals surface area (Å²) >= 11 is 0. The van der Waals surface area contributed by atoms with Gasteiger partial charge >= 0.3 is 0 Å². The highest BCUT2D eigenvalue weighted by Crippen LogP contribution is 2.14. The Morgan fingerprint density at radius 2 is 1.58 bits per heavy atom. The molecule has 0 fully saturated rings. The smallest absolute Gasteiger partial charge is 0.251 e. The van der Waals surface area contributed by atoms with Gasteiger partial charge in [-0.05, 0) is 48.2 Å². The quantitative estimate of drug-likeness (QED) is 0.564. The zero-order valence-corrected chi connectivity index (χ0v) is 18.1. The molecule has 1 unspecified atom stereocenters. The fourth-order valence-corrected chi connectivity index (χ4v) is 3.38. The van der Waals surface area contributed by atoms with Crippen molar-refractivity contribution in [3.8, 4) is 0 Å². The zero-order chi connectivity index (χ0) is 22.1. The second kappa shape index (κ2) is 11.1. The molecular weight excluding hydrogens is 386 g/mol. The second-order valence-corrected chi connectivity index (χ2v) is 7.73. The van der Waals surface area contributed by atoms with Crippen LogP contribution in [0.15, 0.2) is 79.1 Å². The Bertz CT molecular complexity index is 973. The number of nitrogens with one attached hydrogen (secondary N) is 1. The van der Waals surface area contributed by atoms with E-state index in [0.717, 1.165) is 17.5 Å². The number of benzene rings is 2. The van der Waals surface area contributed by atoms with Crippen LogP contribution in [-0.2, 0) is 24.3 Å². The van der Waals surface area contributed by atoms with Gasteiger partial charge in [-0.3, -0.25) is 14.6 Å². The van der Waals surface area contributed by atoms with Gasteiger partial charge in [0.1, 0.15) is 0 Å². The van der Waals surface area contributed by atoms with Gasteiger partial charge in [-0.1, -0.05) is 55.5 Å². The van der Waals surface area contributed by atoms with Crippen LogP contribution in [0.2, 0.25) is 0 Å². The number of amides is 2. The topological polar surface area (TPSA) is 62.3 Å². The Kier molecular flexibility index (Phi) is 7.93. The number of hydrogen-bond acceptors (Lipinski definition) is 3. The molecule has 3 aromatic rings. The van der Waals surface area contributed by atoms with E-state index in [-0.39, 0.29) is 24.3 Å². The predicted molar refractivity (Wildman–Crippen MR) is 122 cm³/mol. The van der Waals surface area contributed by atoms with Gasteiger partial charge in [0, 0.05) is 43.5 Å². The first-order valence-corrected chi connectivity index (χ1v) is 10.7. The highest BCUT2D eigenvalue weighted by Gasteiger charge is 2.19. The van der Waals surface area contributed by atoms with E-state index in [4.69, 9.17) is 0 Å². The number of aryl methyl sites for hydroxylation is 1. The molecule has 0 aliphatic rings. The molecule has 5 nitrogen and oxygen atoms in total. The average molecular weight is 416 g/mol. The molecule has 2 aromatic carbocycles. The van der Waals surface area contributed by atoms with E-state index in [1.54, 1.807) is 24.5 Å². The normalized spacial score (nSPS) is 11.5. The maximum atomic E-state index is 13.2. The van der Waals surface area contributed by atoms with E-state index in [1.807, 2.05) is 42.2 Å². The molecule has 5 heteroatoms. The maximum absolute atomic E-state index is 13.2. The van der Waals surface area contributed by atoms with Crippen molar-refractivity contribution >= 4 is 11.8 Å². The highest BCUT2D eigenvalue weighted by atomic mass is 16.2. The van der Waals surface area contributed by atoms with Gasteiger partial charge < -0.3 is 10.2 Å². The Balaban J connectivity index is 1.67. The minimum atomic E-state index is -0.279. The molecule has 1 heterocycles. The van der Waals surface area contributed by atoms with Crippen molar-refractivity contribution in [2.45, 2.75) is 45.8 Å². The minimum Gasteiger partial charge on any atom is -0.349 e. The Hall–Kier alpha value is -3.47. The predicted octanol–water partition coefficient (Wildman–Crippen LogP) is 4.38. The van der Waals surface area contributed by atoms with Gasteiger partial charge in [-0.15, -0.1) is 0 Å². The van der Waals surface area contributed by atoms with Gasteiger partial charge in [0.25, 0.3) is 5.91 Å². The van der Waals surface area contributed by atoms with Gasteiger partial charge in [0.2, 0.25) is 5.91 Å². The number of aromatic nitrogens is 1. The molecule has 0 saturated heterocycles. The summed E-state index contributed by atoms with van der Waals surface area (Å²) in [5, 5.41) is 2.93. The SMILES string of the molecule is CCc1ccc(CN(Cc2cccnc2)C(=O)CC(C)NC(=O)c2ccccc2)cc1. The van der Waals surface area contributed by atoms with E-state index in [0.29, 0.717) is 18.7 Å². The standard InChI is InChI=1S/C26H29N3O2/c1-3-21-11-13-22(14-12-21)18-29(19-23-8-7-15-27-17-23)25(30)16-20(2)28-26(31)24-9-5-4-6-10-24/h4-15,17,20H,3,16,18-19H2,1-2H3,(H,28,31). The van der Waals surface area contributed by atoms with E-state index in [1.165, 1.54) is 5.56 Å². The Labute approximate surface area is 184 Å². The van der Waals surface area contributed by atoms with Crippen molar-refractivity contribution in [1.82, 2.24) is 15.2 Å². The first-order valence-electron chi connectivity index (χ1n) is 10.7. The van der Waals surface area contributed by atoms with Crippen LogP contribution in [0, 0.1) is 0 Å². The average Bonchev–Trinajstić information content (AvgIpc) is 2.80. The van der Waals surface area contributed by atoms with Crippen LogP contribution in [0.3, 0.4) is 0 Å². The number of pyridine rings is 1. The first-order chi connectivity index (χ1) is 15.0. The number of carbonyl (C=O) groups is 2. The lowest BCUT2D eigenvalue weighted by atomic mass is 10.1. The molecule has 1 atom stereocenters. The molecule has 0 aliphatic heterocycles. The van der Waals surface area contributed by atoms with E-state index < -0.39 is 0 Å². The summed E-state index contributed by atoms with van der Waals surface area (Å²) in [6, 6.07) is 20.9. The van der Waals surface area contributed by atoms with Gasteiger partial charge in [0.15, 0.2) is 0 Å². The van der Waals surface area contributed by atoms with Crippen molar-refractivity contribution in [2.24, 2.45) is 0 Å². The lowest BCUT2D eigenvalue weighted by Crippen LogP contribution is -2.39. The minimum absolute atomic E-state index is 0.00992. The molecule has 0 spiro atoms. The molecule has 1 aromatic heterocycles. The Morgan fingerprint density at radius 1 is 0.903 bits per heavy atom. The number of hydrogen-bond donors (Lipinski definition) is 1. The van der Waals surface area contributed by atoms with Crippen LogP contribution < -0.4 is 5.32 Å². The molecular formula is C26H29N3O2. The maximum Gasteiger partial charge on any atom is 0.251 e. The van der Waals surface area contributed by atoms with Crippen LogP contribution in [0.1, 0.15) is 47.3 Å². The van der Waals surface area contributed by atoms with Gasteiger partial charge in [-0.2, -0.15) is 0 Å². The first kappa shape index (κ1) is 22.2. The van der Waals surface area contributed by atoms with E-state index in [9.17, 15) is 9.59 Å². The lowest BCUT2D eigenvalue weighted by molar-refractivity contribution is -0.132. The van der Waals surface area contributed by atoms with Crippen LogP contribution >= 0.6 is 0 Å². The summed E-state index contributed by atoms with van der Waals surface area (Å²) in [6.07, 6.45) is 4.71. The summed E-state index contributed by atoms with van der Waals surface area (Å²) in [5.41, 5.74) is 3.91. The van der Waals surface area contributed by atoms with Crippen molar-refractivity contribution in [1.29, 1.82) is 0 Å². The largest absolute Gasteiger partial charge is 0.349 e. The van der Waals surface area contributed by atoms with Crippen molar-refractivity contribution in [3.63, 3.8) is 0 Å². The third kappa shape index (κ3) is 6.78. The summed E-state index contributed by atoms with van der Waals surface area (Å²) < 4.78 is 0. The molecule has 31 heavy (non-hydrogen) atoms. The van der Waals surface area contributed by atoms with E-state index >= 15 is 0 Å². The number of rotatable bonds is 9.